The van der Waals surface area contributed by atoms with E-state index in [1.807, 2.05) is 41.5 Å². The zero-order valence-corrected chi connectivity index (χ0v) is 22.4. The minimum Gasteiger partial charge on any atom is -0.494 e. The quantitative estimate of drug-likeness (QED) is 0.332. The molecule has 0 aliphatic carbocycles. The Bertz CT molecular complexity index is 1330. The molecule has 0 N–H and O–H groups in total. The number of methoxy groups -OCH3 is 1. The van der Waals surface area contributed by atoms with Crippen molar-refractivity contribution in [1.29, 1.82) is 0 Å². The summed E-state index contributed by atoms with van der Waals surface area (Å²) in [6, 6.07) is 9.43. The zero-order chi connectivity index (χ0) is 26.5. The van der Waals surface area contributed by atoms with E-state index in [2.05, 4.69) is 9.50 Å². The Balaban J connectivity index is 1.68. The van der Waals surface area contributed by atoms with Crippen molar-refractivity contribution in [3.05, 3.63) is 53.3 Å². The van der Waals surface area contributed by atoms with Crippen LogP contribution in [0.25, 0.3) is 0 Å². The standard InChI is InChI=1S/C25H31BFN3O5S/c1-16(2)15-30(28-14-17-8-11-20(27)21(12-17)33-7)23-19-10-9-18(13-22(19)36(31,32)29-23)26-34-24(3,4)25(5,6)35-26/h8-14,16H,15H2,1-7H3/b28-14+. The Kier molecular flexibility index (Phi) is 6.78. The van der Waals surface area contributed by atoms with Gasteiger partial charge in [-0.15, -0.1) is 4.40 Å². The number of sulfonamides is 1. The van der Waals surface area contributed by atoms with Gasteiger partial charge in [-0.2, -0.15) is 13.5 Å². The van der Waals surface area contributed by atoms with Crippen molar-refractivity contribution in [2.24, 2.45) is 15.4 Å². The molecule has 36 heavy (non-hydrogen) atoms. The van der Waals surface area contributed by atoms with Crippen molar-refractivity contribution in [3.8, 4) is 5.75 Å². The number of hydrogen-bond donors (Lipinski definition) is 0. The molecule has 0 unspecified atom stereocenters. The molecule has 2 aliphatic heterocycles. The molecule has 1 fully saturated rings. The normalized spacial score (nSPS) is 19.6. The number of nitrogens with zero attached hydrogens (tertiary/aromatic N) is 3. The van der Waals surface area contributed by atoms with Gasteiger partial charge in [0.25, 0.3) is 10.0 Å². The van der Waals surface area contributed by atoms with Gasteiger partial charge in [-0.1, -0.05) is 32.0 Å². The van der Waals surface area contributed by atoms with Crippen molar-refractivity contribution < 1.29 is 26.9 Å². The van der Waals surface area contributed by atoms with Crippen LogP contribution in [0.3, 0.4) is 0 Å². The van der Waals surface area contributed by atoms with Crippen molar-refractivity contribution in [3.63, 3.8) is 0 Å². The van der Waals surface area contributed by atoms with Gasteiger partial charge in [-0.05, 0) is 62.8 Å². The van der Waals surface area contributed by atoms with Crippen molar-refractivity contribution >= 4 is 34.7 Å². The van der Waals surface area contributed by atoms with Gasteiger partial charge in [0.05, 0.1) is 24.5 Å². The molecule has 0 aromatic heterocycles. The lowest BCUT2D eigenvalue weighted by atomic mass is 9.79. The summed E-state index contributed by atoms with van der Waals surface area (Å²) in [7, 11) is -3.26. The Morgan fingerprint density at radius 1 is 1.14 bits per heavy atom. The fraction of sp³-hybridized carbons (Fsp3) is 0.440. The number of benzene rings is 2. The topological polar surface area (TPSA) is 89.8 Å². The van der Waals surface area contributed by atoms with E-state index in [0.717, 1.165) is 0 Å². The molecule has 4 rings (SSSR count). The molecule has 0 radical (unpaired) electrons. The maximum Gasteiger partial charge on any atom is 0.494 e. The molecule has 0 saturated carbocycles. The van der Waals surface area contributed by atoms with Crippen molar-refractivity contribution in [2.45, 2.75) is 57.6 Å². The third kappa shape index (κ3) is 4.92. The molecular weight excluding hydrogens is 484 g/mol. The summed E-state index contributed by atoms with van der Waals surface area (Å²) in [5, 5.41) is 6.06. The summed E-state index contributed by atoms with van der Waals surface area (Å²) in [6.45, 7) is 12.2. The maximum atomic E-state index is 13.8. The summed E-state index contributed by atoms with van der Waals surface area (Å²) in [5.41, 5.74) is 0.542. The highest BCUT2D eigenvalue weighted by atomic mass is 32.2. The lowest BCUT2D eigenvalue weighted by molar-refractivity contribution is 0.00578. The Morgan fingerprint density at radius 3 is 2.42 bits per heavy atom. The molecule has 8 nitrogen and oxygen atoms in total. The highest BCUT2D eigenvalue weighted by Gasteiger charge is 2.52. The van der Waals surface area contributed by atoms with Crippen LogP contribution in [0.4, 0.5) is 4.39 Å². The highest BCUT2D eigenvalue weighted by Crippen LogP contribution is 2.37. The number of rotatable bonds is 6. The van der Waals surface area contributed by atoms with Crippen LogP contribution in [0.15, 0.2) is 50.8 Å². The van der Waals surface area contributed by atoms with Crippen LogP contribution in [0.5, 0.6) is 5.75 Å². The fourth-order valence-corrected chi connectivity index (χ4v) is 5.13. The van der Waals surface area contributed by atoms with Gasteiger partial charge in [0.1, 0.15) is 4.90 Å². The van der Waals surface area contributed by atoms with Gasteiger partial charge in [0.15, 0.2) is 17.4 Å². The van der Waals surface area contributed by atoms with E-state index in [9.17, 15) is 12.8 Å². The molecule has 0 atom stereocenters. The molecule has 0 bridgehead atoms. The van der Waals surface area contributed by atoms with Gasteiger partial charge >= 0.3 is 7.12 Å². The molecule has 11 heteroatoms. The van der Waals surface area contributed by atoms with Gasteiger partial charge in [0, 0.05) is 12.1 Å². The zero-order valence-electron chi connectivity index (χ0n) is 21.6. The number of fused-ring (bicyclic) bond motifs is 1. The molecule has 2 heterocycles. The highest BCUT2D eigenvalue weighted by molar-refractivity contribution is 7.90. The number of halogens is 1. The van der Waals surface area contributed by atoms with E-state index in [1.54, 1.807) is 29.3 Å². The monoisotopic (exact) mass is 515 g/mol. The van der Waals surface area contributed by atoms with Crippen LogP contribution >= 0.6 is 0 Å². The molecule has 1 saturated heterocycles. The average Bonchev–Trinajstić information content (AvgIpc) is 3.19. The van der Waals surface area contributed by atoms with E-state index >= 15 is 0 Å². The molecule has 0 amide bonds. The number of hydrogen-bond acceptors (Lipinski definition) is 7. The number of ether oxygens (including phenoxy) is 1. The first kappa shape index (κ1) is 26.3. The summed E-state index contributed by atoms with van der Waals surface area (Å²) in [6.07, 6.45) is 1.52. The first-order valence-electron chi connectivity index (χ1n) is 11.7. The average molecular weight is 515 g/mol. The Labute approximate surface area is 212 Å². The second kappa shape index (κ2) is 9.28. The summed E-state index contributed by atoms with van der Waals surface area (Å²) >= 11 is 0. The van der Waals surface area contributed by atoms with Crippen molar-refractivity contribution in [1.82, 2.24) is 5.01 Å². The summed E-state index contributed by atoms with van der Waals surface area (Å²) < 4.78 is 61.2. The molecule has 2 aromatic rings. The van der Waals surface area contributed by atoms with E-state index < -0.39 is 34.2 Å². The van der Waals surface area contributed by atoms with E-state index in [4.69, 9.17) is 14.0 Å². The third-order valence-electron chi connectivity index (χ3n) is 6.56. The first-order chi connectivity index (χ1) is 16.7. The van der Waals surface area contributed by atoms with Gasteiger partial charge in [0.2, 0.25) is 0 Å². The smallest absolute Gasteiger partial charge is 0.494 e. The van der Waals surface area contributed by atoms with Crippen LogP contribution < -0.4 is 10.2 Å². The SMILES string of the molecule is COc1cc(/C=N/N(CC(C)C)C2=NS(=O)(=O)c3cc(B4OC(C)(C)C(C)(C)O4)ccc32)ccc1F. The number of amidine groups is 1. The predicted octanol–water partition coefficient (Wildman–Crippen LogP) is 3.57. The molecule has 0 spiro atoms. The van der Waals surface area contributed by atoms with Gasteiger partial charge in [-0.25, -0.2) is 9.40 Å². The summed E-state index contributed by atoms with van der Waals surface area (Å²) in [4.78, 5) is 0.0807. The van der Waals surface area contributed by atoms with Crippen LogP contribution in [-0.2, 0) is 19.3 Å². The minimum atomic E-state index is -3.95. The van der Waals surface area contributed by atoms with E-state index in [-0.39, 0.29) is 22.4 Å². The maximum absolute atomic E-state index is 13.8. The van der Waals surface area contributed by atoms with Gasteiger partial charge in [-0.3, -0.25) is 0 Å². The molecule has 2 aromatic carbocycles. The fourth-order valence-electron chi connectivity index (χ4n) is 3.89. The molecule has 192 valence electrons. The number of hydrazone groups is 1. The van der Waals surface area contributed by atoms with Crippen LogP contribution in [0.1, 0.15) is 52.7 Å². The lowest BCUT2D eigenvalue weighted by Gasteiger charge is -2.32. The molecular formula is C25H31BFN3O5S. The Hall–Kier alpha value is -2.76. The van der Waals surface area contributed by atoms with E-state index in [0.29, 0.717) is 23.1 Å². The van der Waals surface area contributed by atoms with Crippen molar-refractivity contribution in [2.75, 3.05) is 13.7 Å². The third-order valence-corrected chi connectivity index (χ3v) is 7.87. The van der Waals surface area contributed by atoms with Gasteiger partial charge < -0.3 is 14.0 Å². The van der Waals surface area contributed by atoms with E-state index in [1.165, 1.54) is 25.5 Å². The second-order valence-electron chi connectivity index (χ2n) is 10.3. The lowest BCUT2D eigenvalue weighted by Crippen LogP contribution is -2.41. The predicted molar refractivity (Wildman–Crippen MR) is 138 cm³/mol. The summed E-state index contributed by atoms with van der Waals surface area (Å²) in [5.74, 6) is -0.00437. The minimum absolute atomic E-state index is 0.0807. The first-order valence-corrected chi connectivity index (χ1v) is 13.2. The van der Waals surface area contributed by atoms with Crippen LogP contribution in [0.2, 0.25) is 0 Å². The van der Waals surface area contributed by atoms with Crippen LogP contribution in [0, 0.1) is 11.7 Å². The largest absolute Gasteiger partial charge is 0.494 e. The second-order valence-corrected chi connectivity index (χ2v) is 11.9. The molecule has 2 aliphatic rings. The van der Waals surface area contributed by atoms with Crippen LogP contribution in [-0.4, -0.2) is 57.5 Å². The Morgan fingerprint density at radius 2 is 1.81 bits per heavy atom.